The van der Waals surface area contributed by atoms with Crippen molar-refractivity contribution in [2.75, 3.05) is 11.9 Å². The van der Waals surface area contributed by atoms with Crippen LogP contribution in [0.5, 0.6) is 5.75 Å². The number of hydrogen-bond acceptors (Lipinski definition) is 4. The molecule has 1 N–H and O–H groups in total. The SMILES string of the molecule is O=C(CCn1ncc2ccccc21)N1Cc2ccccc2NCc2ccccc2OC[C@@H]1Cc1ccccc1. The molecule has 6 rings (SSSR count). The van der Waals surface area contributed by atoms with Crippen molar-refractivity contribution >= 4 is 22.5 Å². The van der Waals surface area contributed by atoms with Gasteiger partial charge in [0, 0.05) is 36.1 Å². The Bertz CT molecular complexity index is 1560. The fourth-order valence-corrected chi connectivity index (χ4v) is 5.30. The zero-order valence-corrected chi connectivity index (χ0v) is 21.9. The van der Waals surface area contributed by atoms with E-state index in [1.165, 1.54) is 5.56 Å². The van der Waals surface area contributed by atoms with Crippen LogP contribution in [-0.4, -0.2) is 33.2 Å². The average Bonchev–Trinajstić information content (AvgIpc) is 3.39. The molecule has 0 saturated carbocycles. The molecule has 0 bridgehead atoms. The molecule has 1 amide bonds. The molecule has 6 nitrogen and oxygen atoms in total. The summed E-state index contributed by atoms with van der Waals surface area (Å²) in [5, 5.41) is 9.21. The third-order valence-corrected chi connectivity index (χ3v) is 7.39. The zero-order valence-electron chi connectivity index (χ0n) is 21.9. The Morgan fingerprint density at radius 1 is 0.872 bits per heavy atom. The molecular formula is C33H32N4O2. The van der Waals surface area contributed by atoms with E-state index in [0.717, 1.165) is 33.5 Å². The molecular weight excluding hydrogens is 484 g/mol. The van der Waals surface area contributed by atoms with Crippen LogP contribution in [0.4, 0.5) is 5.69 Å². The molecule has 0 aliphatic carbocycles. The van der Waals surface area contributed by atoms with Crippen molar-refractivity contribution in [3.8, 4) is 5.75 Å². The number of benzene rings is 4. The van der Waals surface area contributed by atoms with Gasteiger partial charge in [0.15, 0.2) is 0 Å². The largest absolute Gasteiger partial charge is 0.491 e. The van der Waals surface area contributed by atoms with Gasteiger partial charge in [0.1, 0.15) is 12.4 Å². The molecule has 0 fully saturated rings. The minimum Gasteiger partial charge on any atom is -0.491 e. The first-order chi connectivity index (χ1) is 19.2. The second-order valence-electron chi connectivity index (χ2n) is 9.97. The Hall–Kier alpha value is -4.58. The van der Waals surface area contributed by atoms with Gasteiger partial charge in [-0.15, -0.1) is 0 Å². The molecule has 1 aliphatic rings. The van der Waals surface area contributed by atoms with Crippen LogP contribution in [0, 0.1) is 0 Å². The van der Waals surface area contributed by atoms with Crippen molar-refractivity contribution in [2.24, 2.45) is 0 Å². The van der Waals surface area contributed by atoms with Crippen molar-refractivity contribution in [3.63, 3.8) is 0 Å². The van der Waals surface area contributed by atoms with Crippen LogP contribution < -0.4 is 10.1 Å². The van der Waals surface area contributed by atoms with Gasteiger partial charge in [-0.1, -0.05) is 84.9 Å². The van der Waals surface area contributed by atoms with Crippen LogP contribution in [0.2, 0.25) is 0 Å². The molecule has 1 aromatic heterocycles. The van der Waals surface area contributed by atoms with E-state index in [0.29, 0.717) is 39.1 Å². The summed E-state index contributed by atoms with van der Waals surface area (Å²) < 4.78 is 8.36. The predicted molar refractivity (Wildman–Crippen MR) is 155 cm³/mol. The lowest BCUT2D eigenvalue weighted by atomic mass is 10.0. The van der Waals surface area contributed by atoms with Crippen molar-refractivity contribution in [1.29, 1.82) is 0 Å². The van der Waals surface area contributed by atoms with Crippen molar-refractivity contribution < 1.29 is 9.53 Å². The number of rotatable bonds is 5. The second-order valence-corrected chi connectivity index (χ2v) is 9.97. The molecule has 6 heteroatoms. The molecule has 196 valence electrons. The van der Waals surface area contributed by atoms with E-state index in [1.54, 1.807) is 0 Å². The highest BCUT2D eigenvalue weighted by atomic mass is 16.5. The molecule has 5 aromatic rings. The Balaban J connectivity index is 1.34. The summed E-state index contributed by atoms with van der Waals surface area (Å²) >= 11 is 0. The van der Waals surface area contributed by atoms with Crippen LogP contribution in [0.15, 0.2) is 109 Å². The van der Waals surface area contributed by atoms with E-state index in [-0.39, 0.29) is 11.9 Å². The summed E-state index contributed by atoms with van der Waals surface area (Å²) in [5.74, 6) is 0.930. The standard InChI is InChI=1S/C33H32N4O2/c38-33(18-19-37-31-16-8-5-12-26(31)22-35-37)36-23-28-14-4-7-15-30(28)34-21-27-13-6-9-17-32(27)39-24-29(36)20-25-10-2-1-3-11-25/h1-17,22,29,34H,18-21,23-24H2/t29-/m0/s1. The first-order valence-electron chi connectivity index (χ1n) is 13.5. The quantitative estimate of drug-likeness (QED) is 0.308. The number of hydrogen-bond donors (Lipinski definition) is 1. The maximum absolute atomic E-state index is 14.0. The number of carbonyl (C=O) groups is 1. The molecule has 0 radical (unpaired) electrons. The molecule has 0 saturated heterocycles. The number of aryl methyl sites for hydroxylation is 1. The third-order valence-electron chi connectivity index (χ3n) is 7.39. The zero-order chi connectivity index (χ0) is 26.4. The van der Waals surface area contributed by atoms with Gasteiger partial charge in [-0.2, -0.15) is 5.10 Å². The topological polar surface area (TPSA) is 59.4 Å². The summed E-state index contributed by atoms with van der Waals surface area (Å²) in [7, 11) is 0. The van der Waals surface area contributed by atoms with E-state index < -0.39 is 0 Å². The number of ether oxygens (including phenoxy) is 1. The van der Waals surface area contributed by atoms with Gasteiger partial charge in [-0.25, -0.2) is 0 Å². The number of fused-ring (bicyclic) bond motifs is 3. The highest BCUT2D eigenvalue weighted by Crippen LogP contribution is 2.26. The Morgan fingerprint density at radius 3 is 2.51 bits per heavy atom. The summed E-state index contributed by atoms with van der Waals surface area (Å²) in [5.41, 5.74) is 5.43. The fraction of sp³-hybridized carbons (Fsp3) is 0.212. The van der Waals surface area contributed by atoms with Gasteiger partial charge in [0.25, 0.3) is 0 Å². The molecule has 2 heterocycles. The Labute approximate surface area is 228 Å². The number of amides is 1. The van der Waals surface area contributed by atoms with Gasteiger partial charge in [-0.3, -0.25) is 9.48 Å². The Morgan fingerprint density at radius 2 is 1.62 bits per heavy atom. The van der Waals surface area contributed by atoms with Gasteiger partial charge in [0.05, 0.1) is 24.3 Å². The molecule has 4 aromatic carbocycles. The van der Waals surface area contributed by atoms with Crippen molar-refractivity contribution in [1.82, 2.24) is 14.7 Å². The maximum atomic E-state index is 14.0. The van der Waals surface area contributed by atoms with Crippen LogP contribution in [0.25, 0.3) is 10.9 Å². The summed E-state index contributed by atoms with van der Waals surface area (Å²) in [6.45, 7) is 2.07. The lowest BCUT2D eigenvalue weighted by molar-refractivity contribution is -0.135. The maximum Gasteiger partial charge on any atom is 0.225 e. The van der Waals surface area contributed by atoms with Gasteiger partial charge < -0.3 is 15.0 Å². The highest BCUT2D eigenvalue weighted by Gasteiger charge is 2.27. The van der Waals surface area contributed by atoms with Crippen molar-refractivity contribution in [3.05, 3.63) is 126 Å². The number of para-hydroxylation sites is 3. The first-order valence-corrected chi connectivity index (χ1v) is 13.5. The fourth-order valence-electron chi connectivity index (χ4n) is 5.30. The predicted octanol–water partition coefficient (Wildman–Crippen LogP) is 6.07. The molecule has 1 aliphatic heterocycles. The van der Waals surface area contributed by atoms with Crippen LogP contribution >= 0.6 is 0 Å². The van der Waals surface area contributed by atoms with E-state index in [4.69, 9.17) is 4.74 Å². The number of nitrogens with one attached hydrogen (secondary N) is 1. The smallest absolute Gasteiger partial charge is 0.225 e. The molecule has 1 atom stereocenters. The average molecular weight is 517 g/mol. The summed E-state index contributed by atoms with van der Waals surface area (Å²) in [6, 6.07) is 34.7. The summed E-state index contributed by atoms with van der Waals surface area (Å²) in [4.78, 5) is 16.1. The lowest BCUT2D eigenvalue weighted by Crippen LogP contribution is -2.45. The summed E-state index contributed by atoms with van der Waals surface area (Å²) in [6.07, 6.45) is 2.91. The minimum atomic E-state index is -0.145. The lowest BCUT2D eigenvalue weighted by Gasteiger charge is -2.33. The van der Waals surface area contributed by atoms with Crippen molar-refractivity contribution in [2.45, 2.75) is 38.5 Å². The molecule has 39 heavy (non-hydrogen) atoms. The van der Waals surface area contributed by atoms with Gasteiger partial charge >= 0.3 is 0 Å². The highest BCUT2D eigenvalue weighted by molar-refractivity contribution is 5.79. The van der Waals surface area contributed by atoms with Crippen LogP contribution in [-0.2, 0) is 30.8 Å². The minimum absolute atomic E-state index is 0.0847. The van der Waals surface area contributed by atoms with E-state index in [2.05, 4.69) is 40.7 Å². The molecule has 0 spiro atoms. The van der Waals surface area contributed by atoms with Gasteiger partial charge in [-0.05, 0) is 35.7 Å². The van der Waals surface area contributed by atoms with Crippen LogP contribution in [0.1, 0.15) is 23.1 Å². The number of nitrogens with zero attached hydrogens (tertiary/aromatic N) is 3. The van der Waals surface area contributed by atoms with E-state index in [1.807, 2.05) is 88.6 Å². The number of anilines is 1. The third kappa shape index (κ3) is 5.65. The van der Waals surface area contributed by atoms with Crippen LogP contribution in [0.3, 0.4) is 0 Å². The first kappa shape index (κ1) is 24.7. The monoisotopic (exact) mass is 516 g/mol. The Kier molecular flexibility index (Phi) is 7.25. The number of carbonyl (C=O) groups excluding carboxylic acids is 1. The second kappa shape index (κ2) is 11.4. The van der Waals surface area contributed by atoms with Gasteiger partial charge in [0.2, 0.25) is 5.91 Å². The normalized spacial score (nSPS) is 15.4. The van der Waals surface area contributed by atoms with E-state index in [9.17, 15) is 4.79 Å². The number of aromatic nitrogens is 2. The van der Waals surface area contributed by atoms with E-state index >= 15 is 0 Å². The molecule has 0 unspecified atom stereocenters.